The number of rotatable bonds is 4. The monoisotopic (exact) mass is 448 g/mol. The predicted molar refractivity (Wildman–Crippen MR) is 133 cm³/mol. The maximum Gasteiger partial charge on any atom is 0.253 e. The Morgan fingerprint density at radius 1 is 0.882 bits per heavy atom. The Balaban J connectivity index is 0.000000161. The standard InChI is InChI=1S/2C14H12N2O/c17-14-12-9-15-7-6-11(12)8-13(16-14)10-4-2-1-3-5-10;15-14(17)13-10-16-9-8-12(13)7-6-11-4-2-1-3-5-11/h1-7,9,13H,8H2,(H,16,17);1-10H,(H2,15,17). The second kappa shape index (κ2) is 10.8. The molecular weight excluding hydrogens is 424 g/mol. The zero-order chi connectivity index (χ0) is 23.8. The van der Waals surface area contributed by atoms with Crippen LogP contribution in [0.1, 0.15) is 49.0 Å². The Kier molecular flexibility index (Phi) is 7.20. The molecule has 1 aliphatic heterocycles. The number of nitrogens with zero attached hydrogens (tertiary/aromatic N) is 2. The minimum absolute atomic E-state index is 0.0341. The number of nitrogens with two attached hydrogens (primary N) is 1. The van der Waals surface area contributed by atoms with Crippen molar-refractivity contribution >= 4 is 24.0 Å². The fourth-order valence-corrected chi connectivity index (χ4v) is 3.71. The molecule has 1 unspecified atom stereocenters. The molecular formula is C28H24N4O2. The number of hydrogen-bond donors (Lipinski definition) is 2. The number of carbonyl (C=O) groups excluding carboxylic acids is 2. The van der Waals surface area contributed by atoms with E-state index in [1.165, 1.54) is 6.20 Å². The Labute approximate surface area is 198 Å². The molecule has 0 saturated heterocycles. The van der Waals surface area contributed by atoms with Crippen LogP contribution in [0.2, 0.25) is 0 Å². The van der Waals surface area contributed by atoms with E-state index in [2.05, 4.69) is 15.3 Å². The lowest BCUT2D eigenvalue weighted by atomic mass is 9.92. The van der Waals surface area contributed by atoms with E-state index in [9.17, 15) is 9.59 Å². The molecule has 6 heteroatoms. The summed E-state index contributed by atoms with van der Waals surface area (Å²) in [6, 6.07) is 23.6. The van der Waals surface area contributed by atoms with Gasteiger partial charge in [0.2, 0.25) is 0 Å². The van der Waals surface area contributed by atoms with E-state index in [0.717, 1.165) is 28.7 Å². The van der Waals surface area contributed by atoms with E-state index < -0.39 is 5.91 Å². The summed E-state index contributed by atoms with van der Waals surface area (Å²) in [6.45, 7) is 0. The first-order valence-electron chi connectivity index (χ1n) is 10.9. The zero-order valence-corrected chi connectivity index (χ0v) is 18.5. The fraction of sp³-hybridized carbons (Fsp3) is 0.0714. The van der Waals surface area contributed by atoms with Crippen LogP contribution >= 0.6 is 0 Å². The molecule has 34 heavy (non-hydrogen) atoms. The van der Waals surface area contributed by atoms with Gasteiger partial charge in [-0.3, -0.25) is 19.6 Å². The fourth-order valence-electron chi connectivity index (χ4n) is 3.71. The van der Waals surface area contributed by atoms with Crippen LogP contribution in [0.5, 0.6) is 0 Å². The summed E-state index contributed by atoms with van der Waals surface area (Å²) < 4.78 is 0. The van der Waals surface area contributed by atoms with Gasteiger partial charge in [-0.1, -0.05) is 72.8 Å². The van der Waals surface area contributed by atoms with Gasteiger partial charge in [-0.25, -0.2) is 0 Å². The Bertz CT molecular complexity index is 1300. The van der Waals surface area contributed by atoms with Gasteiger partial charge < -0.3 is 11.1 Å². The maximum absolute atomic E-state index is 11.9. The van der Waals surface area contributed by atoms with Crippen LogP contribution < -0.4 is 11.1 Å². The quantitative estimate of drug-likeness (QED) is 0.482. The van der Waals surface area contributed by atoms with Crippen molar-refractivity contribution in [2.75, 3.05) is 0 Å². The lowest BCUT2D eigenvalue weighted by Crippen LogP contribution is -2.35. The number of hydrogen-bond acceptors (Lipinski definition) is 4. The molecule has 2 aromatic carbocycles. The molecule has 1 aliphatic rings. The summed E-state index contributed by atoms with van der Waals surface area (Å²) in [5.74, 6) is -0.501. The largest absolute Gasteiger partial charge is 0.366 e. The summed E-state index contributed by atoms with van der Waals surface area (Å²) in [7, 11) is 0. The molecule has 2 aromatic heterocycles. The van der Waals surface area contributed by atoms with E-state index in [-0.39, 0.29) is 11.9 Å². The molecule has 0 fully saturated rings. The third-order valence-electron chi connectivity index (χ3n) is 5.46. The third-order valence-corrected chi connectivity index (χ3v) is 5.46. The normalized spacial score (nSPS) is 14.5. The van der Waals surface area contributed by atoms with Gasteiger partial charge >= 0.3 is 0 Å². The van der Waals surface area contributed by atoms with Crippen molar-refractivity contribution in [1.29, 1.82) is 0 Å². The van der Waals surface area contributed by atoms with Gasteiger partial charge in [0.15, 0.2) is 0 Å². The van der Waals surface area contributed by atoms with E-state index in [1.807, 2.05) is 78.9 Å². The lowest BCUT2D eigenvalue weighted by Gasteiger charge is -2.25. The highest BCUT2D eigenvalue weighted by Gasteiger charge is 2.24. The van der Waals surface area contributed by atoms with Crippen molar-refractivity contribution in [3.05, 3.63) is 131 Å². The number of aromatic nitrogens is 2. The Morgan fingerprint density at radius 3 is 2.29 bits per heavy atom. The number of benzene rings is 2. The van der Waals surface area contributed by atoms with Crippen molar-refractivity contribution < 1.29 is 9.59 Å². The Morgan fingerprint density at radius 2 is 1.56 bits per heavy atom. The summed E-state index contributed by atoms with van der Waals surface area (Å²) in [6.07, 6.45) is 11.1. The molecule has 4 aromatic rings. The third kappa shape index (κ3) is 5.61. The topological polar surface area (TPSA) is 98.0 Å². The van der Waals surface area contributed by atoms with Gasteiger partial charge in [-0.15, -0.1) is 0 Å². The maximum atomic E-state index is 11.9. The van der Waals surface area contributed by atoms with E-state index in [4.69, 9.17) is 5.73 Å². The van der Waals surface area contributed by atoms with Crippen LogP contribution in [0.15, 0.2) is 97.6 Å². The molecule has 5 rings (SSSR count). The van der Waals surface area contributed by atoms with Crippen molar-refractivity contribution in [2.45, 2.75) is 12.5 Å². The molecule has 1 atom stereocenters. The van der Waals surface area contributed by atoms with E-state index >= 15 is 0 Å². The smallest absolute Gasteiger partial charge is 0.253 e. The van der Waals surface area contributed by atoms with Crippen LogP contribution in [-0.2, 0) is 6.42 Å². The minimum Gasteiger partial charge on any atom is -0.366 e. The summed E-state index contributed by atoms with van der Waals surface area (Å²) in [5, 5.41) is 3.01. The first-order chi connectivity index (χ1) is 16.6. The minimum atomic E-state index is -0.467. The highest BCUT2D eigenvalue weighted by molar-refractivity contribution is 5.97. The number of pyridine rings is 2. The lowest BCUT2D eigenvalue weighted by molar-refractivity contribution is 0.0923. The molecule has 0 bridgehead atoms. The number of amides is 2. The van der Waals surface area contributed by atoms with Crippen LogP contribution in [0, 0.1) is 0 Å². The molecule has 0 aliphatic carbocycles. The van der Waals surface area contributed by atoms with Crippen molar-refractivity contribution in [1.82, 2.24) is 15.3 Å². The second-order valence-electron chi connectivity index (χ2n) is 7.74. The number of carbonyl (C=O) groups is 2. The Hall–Kier alpha value is -4.58. The van der Waals surface area contributed by atoms with Gasteiger partial charge in [0, 0.05) is 24.8 Å². The number of nitrogens with one attached hydrogen (secondary N) is 1. The average molecular weight is 449 g/mol. The van der Waals surface area contributed by atoms with Crippen LogP contribution in [-0.4, -0.2) is 21.8 Å². The molecule has 6 nitrogen and oxygen atoms in total. The van der Waals surface area contributed by atoms with Gasteiger partial charge in [0.1, 0.15) is 0 Å². The predicted octanol–water partition coefficient (Wildman–Crippen LogP) is 4.46. The summed E-state index contributed by atoms with van der Waals surface area (Å²) in [4.78, 5) is 31.0. The SMILES string of the molecule is NC(=O)c1cnccc1C=Cc1ccccc1.O=C1NC(c2ccccc2)Cc2ccncc21. The summed E-state index contributed by atoms with van der Waals surface area (Å²) >= 11 is 0. The molecule has 168 valence electrons. The van der Waals surface area contributed by atoms with Gasteiger partial charge in [-0.2, -0.15) is 0 Å². The molecule has 3 N–H and O–H groups in total. The number of primary amides is 1. The zero-order valence-electron chi connectivity index (χ0n) is 18.5. The van der Waals surface area contributed by atoms with Crippen molar-refractivity contribution in [2.24, 2.45) is 5.73 Å². The molecule has 2 amide bonds. The van der Waals surface area contributed by atoms with Crippen LogP contribution in [0.3, 0.4) is 0 Å². The van der Waals surface area contributed by atoms with Gasteiger partial charge in [-0.05, 0) is 40.8 Å². The van der Waals surface area contributed by atoms with Crippen LogP contribution in [0.4, 0.5) is 0 Å². The van der Waals surface area contributed by atoms with Gasteiger partial charge in [0.05, 0.1) is 17.2 Å². The second-order valence-corrected chi connectivity index (χ2v) is 7.74. The van der Waals surface area contributed by atoms with E-state index in [0.29, 0.717) is 11.1 Å². The first-order valence-corrected chi connectivity index (χ1v) is 10.9. The first kappa shape index (κ1) is 22.6. The highest BCUT2D eigenvalue weighted by atomic mass is 16.2. The highest BCUT2D eigenvalue weighted by Crippen LogP contribution is 2.24. The molecule has 3 heterocycles. The van der Waals surface area contributed by atoms with Crippen molar-refractivity contribution in [3.8, 4) is 0 Å². The summed E-state index contributed by atoms with van der Waals surface area (Å²) in [5.41, 5.74) is 10.4. The molecule has 0 radical (unpaired) electrons. The average Bonchev–Trinajstić information content (AvgIpc) is 2.89. The van der Waals surface area contributed by atoms with Gasteiger partial charge in [0.25, 0.3) is 11.8 Å². The van der Waals surface area contributed by atoms with Crippen LogP contribution in [0.25, 0.3) is 12.2 Å². The molecule has 0 spiro atoms. The van der Waals surface area contributed by atoms with E-state index in [1.54, 1.807) is 24.7 Å². The van der Waals surface area contributed by atoms with Crippen molar-refractivity contribution in [3.63, 3.8) is 0 Å². The molecule has 0 saturated carbocycles. The number of fused-ring (bicyclic) bond motifs is 1.